The molecule has 0 N–H and O–H groups in total. The Morgan fingerprint density at radius 3 is 0.969 bits per heavy atom. The predicted octanol–water partition coefficient (Wildman–Crippen LogP) is 11.9. The van der Waals surface area contributed by atoms with E-state index in [1.165, 1.54) is 72.8 Å². The first-order valence-corrected chi connectivity index (χ1v) is 19.4. The number of rotatable bonds is 13. The minimum atomic E-state index is -7.50. The van der Waals surface area contributed by atoms with Gasteiger partial charge in [0.2, 0.25) is 0 Å². The van der Waals surface area contributed by atoms with Crippen molar-refractivity contribution in [2.45, 2.75) is 49.0 Å². The fourth-order valence-electron chi connectivity index (χ4n) is 6.24. The molecule has 0 aliphatic carbocycles. The molecule has 0 aromatic heterocycles. The Kier molecular flexibility index (Phi) is 12.7. The molecule has 0 bridgehead atoms. The molecule has 0 saturated heterocycles. The molecule has 0 unspecified atom stereocenters. The first kappa shape index (κ1) is 50.0. The van der Waals surface area contributed by atoms with Crippen LogP contribution in [0.3, 0.4) is 0 Å². The van der Waals surface area contributed by atoms with Gasteiger partial charge in [0.25, 0.3) is 0 Å². The van der Waals surface area contributed by atoms with E-state index in [4.69, 9.17) is 4.52 Å². The van der Waals surface area contributed by atoms with Crippen molar-refractivity contribution >= 4 is 34.0 Å². The van der Waals surface area contributed by atoms with E-state index < -0.39 is 96.2 Å². The molecule has 0 heterocycles. The topological polar surface area (TPSA) is 54.0 Å². The summed E-state index contributed by atoms with van der Waals surface area (Å²) in [4.78, 5) is 14.9. The van der Waals surface area contributed by atoms with Gasteiger partial charge in [-0.2, -0.15) is 0 Å². The summed E-state index contributed by atoms with van der Waals surface area (Å²) in [7, 11) is 0. The average molecular weight is 981 g/mol. The van der Waals surface area contributed by atoms with E-state index in [-0.39, 0.29) is 21.2 Å². The third kappa shape index (κ3) is 8.65. The number of halogens is 20. The van der Waals surface area contributed by atoms with Gasteiger partial charge in [0, 0.05) is 0 Å². The maximum absolute atomic E-state index is 16.0. The van der Waals surface area contributed by atoms with Crippen molar-refractivity contribution in [2.75, 3.05) is 0 Å². The molecule has 5 aromatic rings. The summed E-state index contributed by atoms with van der Waals surface area (Å²) in [5, 5.41) is -1.09. The van der Waals surface area contributed by atoms with Crippen LogP contribution in [-0.4, -0.2) is 49.0 Å². The Hall–Kier alpha value is -6.00. The summed E-state index contributed by atoms with van der Waals surface area (Å²) in [6.45, 7) is -5.96. The van der Waals surface area contributed by atoms with Crippen molar-refractivity contribution in [3.8, 4) is 17.2 Å². The van der Waals surface area contributed by atoms with Gasteiger partial charge in [-0.1, -0.05) is 0 Å². The molecule has 0 spiro atoms. The molecule has 0 atom stereocenters. The number of carbonyl (C=O) groups is 1. The number of hydrogen-bond donors (Lipinski definition) is 0. The van der Waals surface area contributed by atoms with Crippen molar-refractivity contribution in [3.05, 3.63) is 139 Å². The molecule has 5 nitrogen and oxygen atoms in total. The first-order chi connectivity index (χ1) is 29.7. The van der Waals surface area contributed by atoms with Crippen molar-refractivity contribution in [3.63, 3.8) is 0 Å². The summed E-state index contributed by atoms with van der Waals surface area (Å²) in [5.41, 5.74) is -7.00. The van der Waals surface area contributed by atoms with Gasteiger partial charge in [0.15, 0.2) is 0 Å². The second-order valence-electron chi connectivity index (χ2n) is 13.1. The standard InChI is InChI=1S/C39H21F20O5P/c40-32(41,33(42,43)44)28-26(21-27(61-37(54,55)34(45,46)47)29(62-38(56,57)35(48,49)50)30(28)63-39(58,59)36(51,52)53)31(60)64-65(22-13-5-1-6-14-22,23-15-7-2-8-16-23,24-17-9-3-10-18-24)25-19-11-4-12-20-25/h1-21H. The van der Waals surface area contributed by atoms with E-state index in [0.717, 1.165) is 48.5 Å². The molecule has 0 aliphatic heterocycles. The number of hydrogen-bond acceptors (Lipinski definition) is 5. The fraction of sp³-hybridized carbons (Fsp3) is 0.205. The Morgan fingerprint density at radius 2 is 0.677 bits per heavy atom. The van der Waals surface area contributed by atoms with Crippen LogP contribution in [0.2, 0.25) is 0 Å². The molecular formula is C39H21F20O5P. The maximum atomic E-state index is 16.0. The van der Waals surface area contributed by atoms with Crippen molar-refractivity contribution < 1.29 is 111 Å². The van der Waals surface area contributed by atoms with Crippen LogP contribution in [0.5, 0.6) is 17.2 Å². The van der Waals surface area contributed by atoms with Gasteiger partial charge < -0.3 is 0 Å². The number of alkyl halides is 20. The van der Waals surface area contributed by atoms with E-state index in [0.29, 0.717) is 0 Å². The minimum absolute atomic E-state index is 0.274. The average Bonchev–Trinajstić information content (AvgIpc) is 3.20. The molecule has 26 heteroatoms. The number of carbonyl (C=O) groups excluding carboxylic acids is 1. The van der Waals surface area contributed by atoms with Crippen LogP contribution in [0, 0.1) is 0 Å². The Morgan fingerprint density at radius 1 is 0.385 bits per heavy atom. The summed E-state index contributed by atoms with van der Waals surface area (Å²) >= 11 is 0. The Labute approximate surface area is 350 Å². The summed E-state index contributed by atoms with van der Waals surface area (Å²) in [6.07, 6.45) is -51.3. The van der Waals surface area contributed by atoms with Crippen LogP contribution in [0.4, 0.5) is 87.8 Å². The van der Waals surface area contributed by atoms with Gasteiger partial charge in [-0.15, -0.1) is 0 Å². The predicted molar refractivity (Wildman–Crippen MR) is 188 cm³/mol. The van der Waals surface area contributed by atoms with Gasteiger partial charge in [0.05, 0.1) is 0 Å². The third-order valence-electron chi connectivity index (χ3n) is 9.04. The number of ether oxygens (including phenoxy) is 3. The molecule has 0 saturated carbocycles. The summed E-state index contributed by atoms with van der Waals surface area (Å²) in [5.74, 6) is -21.8. The van der Waals surface area contributed by atoms with Gasteiger partial charge in [-0.25, -0.2) is 0 Å². The summed E-state index contributed by atoms with van der Waals surface area (Å²) in [6, 6.07) is 23.0. The van der Waals surface area contributed by atoms with E-state index in [1.54, 1.807) is 0 Å². The molecule has 0 fully saturated rings. The van der Waals surface area contributed by atoms with Crippen LogP contribution in [-0.2, 0) is 10.4 Å². The first-order valence-electron chi connectivity index (χ1n) is 17.2. The van der Waals surface area contributed by atoms with Crippen molar-refractivity contribution in [1.82, 2.24) is 0 Å². The normalized spacial score (nSPS) is 14.2. The van der Waals surface area contributed by atoms with Gasteiger partial charge in [-0.05, 0) is 0 Å². The van der Waals surface area contributed by atoms with E-state index in [1.807, 2.05) is 0 Å². The van der Waals surface area contributed by atoms with Crippen molar-refractivity contribution in [1.29, 1.82) is 0 Å². The molecule has 0 amide bonds. The van der Waals surface area contributed by atoms with Gasteiger partial charge >= 0.3 is 350 Å². The van der Waals surface area contributed by atoms with Crippen LogP contribution in [0.25, 0.3) is 0 Å². The fourth-order valence-corrected chi connectivity index (χ4v) is 11.8. The quantitative estimate of drug-likeness (QED) is 0.0869. The zero-order chi connectivity index (χ0) is 48.9. The van der Waals surface area contributed by atoms with E-state index in [9.17, 15) is 83.8 Å². The molecule has 5 rings (SSSR count). The van der Waals surface area contributed by atoms with Crippen LogP contribution < -0.4 is 35.4 Å². The molecular weight excluding hydrogens is 959 g/mol. The molecule has 0 radical (unpaired) electrons. The number of benzene rings is 5. The Balaban J connectivity index is 2.12. The second kappa shape index (κ2) is 16.5. The molecule has 0 aliphatic rings. The third-order valence-corrected chi connectivity index (χ3v) is 14.7. The monoisotopic (exact) mass is 980 g/mol. The van der Waals surface area contributed by atoms with Gasteiger partial charge in [-0.3, -0.25) is 0 Å². The molecule has 352 valence electrons. The molecule has 5 aromatic carbocycles. The van der Waals surface area contributed by atoms with Gasteiger partial charge in [0.1, 0.15) is 0 Å². The van der Waals surface area contributed by atoms with Crippen LogP contribution >= 0.6 is 6.83 Å². The zero-order valence-corrected chi connectivity index (χ0v) is 32.1. The second-order valence-corrected chi connectivity index (χ2v) is 17.5. The molecule has 65 heavy (non-hydrogen) atoms. The zero-order valence-electron chi connectivity index (χ0n) is 31.2. The SMILES string of the molecule is O=C(OP(c1ccccc1)(c1ccccc1)(c1ccccc1)c1ccccc1)c1cc(OC(F)(F)C(F)(F)F)c(OC(F)(F)C(F)(F)F)c(OC(F)(F)C(F)(F)F)c1C(F)(F)C(F)(F)F. The van der Waals surface area contributed by atoms with Crippen LogP contribution in [0.15, 0.2) is 127 Å². The van der Waals surface area contributed by atoms with Crippen LogP contribution in [0.1, 0.15) is 15.9 Å². The van der Waals surface area contributed by atoms with E-state index >= 15 is 8.78 Å². The summed E-state index contributed by atoms with van der Waals surface area (Å²) < 4.78 is 300. The Bertz CT molecular complexity index is 2310. The van der Waals surface area contributed by atoms with E-state index in [2.05, 4.69) is 14.2 Å². The van der Waals surface area contributed by atoms with Crippen molar-refractivity contribution in [2.24, 2.45) is 0 Å².